The number of benzene rings is 1. The Morgan fingerprint density at radius 2 is 2.18 bits per heavy atom. The first-order chi connectivity index (χ1) is 13.6. The summed E-state index contributed by atoms with van der Waals surface area (Å²) < 4.78 is 20.0. The fourth-order valence-electron chi connectivity index (χ4n) is 4.39. The Morgan fingerprint density at radius 1 is 1.36 bits per heavy atom. The lowest BCUT2D eigenvalue weighted by Crippen LogP contribution is -2.58. The van der Waals surface area contributed by atoms with Gasteiger partial charge in [0.05, 0.1) is 25.3 Å². The fourth-order valence-corrected chi connectivity index (χ4v) is 4.39. The Bertz CT molecular complexity index is 809. The summed E-state index contributed by atoms with van der Waals surface area (Å²) in [6.07, 6.45) is 3.97. The number of fused-ring (bicyclic) bond motifs is 3. The molecule has 1 aromatic heterocycles. The van der Waals surface area contributed by atoms with Crippen molar-refractivity contribution in [3.05, 3.63) is 36.3 Å². The Hall–Kier alpha value is -2.32. The number of carbonyl (C=O) groups is 1. The minimum absolute atomic E-state index is 0.0624. The zero-order valence-corrected chi connectivity index (χ0v) is 16.1. The minimum Gasteiger partial charge on any atom is -0.383 e. The van der Waals surface area contributed by atoms with Gasteiger partial charge in [-0.2, -0.15) is 0 Å². The summed E-state index contributed by atoms with van der Waals surface area (Å²) in [6, 6.07) is 6.64. The molecule has 1 N–H and O–H groups in total. The molecule has 150 valence electrons. The van der Waals surface area contributed by atoms with E-state index in [0.717, 1.165) is 43.7 Å². The molecule has 1 unspecified atom stereocenters. The van der Waals surface area contributed by atoms with Crippen LogP contribution < -0.4 is 5.32 Å². The normalized spacial score (nSPS) is 26.4. The van der Waals surface area contributed by atoms with E-state index in [1.807, 2.05) is 10.9 Å². The predicted molar refractivity (Wildman–Crippen MR) is 102 cm³/mol. The average Bonchev–Trinajstić information content (AvgIpc) is 3.17. The molecule has 0 radical (unpaired) electrons. The lowest BCUT2D eigenvalue weighted by atomic mass is 9.75. The molecule has 4 heterocycles. The first-order valence-electron chi connectivity index (χ1n) is 9.81. The van der Waals surface area contributed by atoms with E-state index in [1.165, 1.54) is 12.1 Å². The van der Waals surface area contributed by atoms with Crippen molar-refractivity contribution in [1.82, 2.24) is 25.2 Å². The molecule has 1 aromatic carbocycles. The lowest BCUT2D eigenvalue weighted by Gasteiger charge is -2.49. The van der Waals surface area contributed by atoms with Crippen LogP contribution in [0.1, 0.15) is 12.8 Å². The summed E-state index contributed by atoms with van der Waals surface area (Å²) in [7, 11) is 1.64. The monoisotopic (exact) mass is 387 g/mol. The van der Waals surface area contributed by atoms with Crippen LogP contribution in [0.25, 0.3) is 11.3 Å². The molecule has 0 aliphatic carbocycles. The number of rotatable bonds is 7. The number of halogens is 1. The molecule has 0 spiro atoms. The molecule has 7 nitrogen and oxygen atoms in total. The van der Waals surface area contributed by atoms with E-state index in [0.29, 0.717) is 25.1 Å². The Kier molecular flexibility index (Phi) is 5.68. The SMILES string of the molecule is COCCNC(=O)[C@@H]1CN2CC[C@H]1C[C@@H]2Cn1cc(-c2ccc(F)cc2)nn1. The van der Waals surface area contributed by atoms with E-state index in [2.05, 4.69) is 20.5 Å². The van der Waals surface area contributed by atoms with Crippen molar-refractivity contribution >= 4 is 5.91 Å². The Labute approximate surface area is 163 Å². The summed E-state index contributed by atoms with van der Waals surface area (Å²) in [5.41, 5.74) is 1.59. The first kappa shape index (κ1) is 19.0. The van der Waals surface area contributed by atoms with Crippen molar-refractivity contribution in [2.45, 2.75) is 25.4 Å². The molecular weight excluding hydrogens is 361 g/mol. The number of nitrogens with zero attached hydrogens (tertiary/aromatic N) is 4. The van der Waals surface area contributed by atoms with Gasteiger partial charge in [0.1, 0.15) is 11.5 Å². The quantitative estimate of drug-likeness (QED) is 0.730. The number of carbonyl (C=O) groups excluding carboxylic acids is 1. The number of hydrogen-bond acceptors (Lipinski definition) is 5. The lowest BCUT2D eigenvalue weighted by molar-refractivity contribution is -0.133. The zero-order valence-electron chi connectivity index (χ0n) is 16.1. The van der Waals surface area contributed by atoms with Gasteiger partial charge in [0.2, 0.25) is 5.91 Å². The minimum atomic E-state index is -0.261. The summed E-state index contributed by atoms with van der Waals surface area (Å²) >= 11 is 0. The van der Waals surface area contributed by atoms with Crippen LogP contribution in [0, 0.1) is 17.7 Å². The summed E-state index contributed by atoms with van der Waals surface area (Å²) in [5.74, 6) is 0.359. The van der Waals surface area contributed by atoms with E-state index in [4.69, 9.17) is 4.74 Å². The van der Waals surface area contributed by atoms with Crippen LogP contribution in [0.3, 0.4) is 0 Å². The molecule has 28 heavy (non-hydrogen) atoms. The maximum Gasteiger partial charge on any atom is 0.224 e. The van der Waals surface area contributed by atoms with Crippen LogP contribution in [0.4, 0.5) is 4.39 Å². The number of ether oxygens (including phenoxy) is 1. The topological polar surface area (TPSA) is 72.3 Å². The number of aromatic nitrogens is 3. The predicted octanol–water partition coefficient (Wildman–Crippen LogP) is 1.56. The largest absolute Gasteiger partial charge is 0.383 e. The van der Waals surface area contributed by atoms with E-state index in [9.17, 15) is 9.18 Å². The van der Waals surface area contributed by atoms with Gasteiger partial charge in [-0.25, -0.2) is 4.39 Å². The van der Waals surface area contributed by atoms with E-state index < -0.39 is 0 Å². The average molecular weight is 387 g/mol. The van der Waals surface area contributed by atoms with Crippen LogP contribution in [-0.2, 0) is 16.1 Å². The van der Waals surface area contributed by atoms with Gasteiger partial charge in [-0.3, -0.25) is 14.4 Å². The van der Waals surface area contributed by atoms with Gasteiger partial charge in [-0.05, 0) is 49.6 Å². The fraction of sp³-hybridized carbons (Fsp3) is 0.550. The van der Waals surface area contributed by atoms with Crippen LogP contribution in [0.5, 0.6) is 0 Å². The van der Waals surface area contributed by atoms with Gasteiger partial charge < -0.3 is 10.1 Å². The molecule has 3 aliphatic rings. The van der Waals surface area contributed by atoms with Gasteiger partial charge in [0, 0.05) is 31.8 Å². The number of methoxy groups -OCH3 is 1. The van der Waals surface area contributed by atoms with Crippen LogP contribution in [-0.4, -0.2) is 65.2 Å². The highest BCUT2D eigenvalue weighted by molar-refractivity contribution is 5.79. The second-order valence-corrected chi connectivity index (χ2v) is 7.66. The third-order valence-corrected chi connectivity index (χ3v) is 5.90. The van der Waals surface area contributed by atoms with E-state index in [-0.39, 0.29) is 17.6 Å². The van der Waals surface area contributed by atoms with Crippen molar-refractivity contribution in [1.29, 1.82) is 0 Å². The highest BCUT2D eigenvalue weighted by atomic mass is 19.1. The third-order valence-electron chi connectivity index (χ3n) is 5.90. The Balaban J connectivity index is 1.36. The number of piperidine rings is 3. The molecule has 0 saturated carbocycles. The van der Waals surface area contributed by atoms with E-state index in [1.54, 1.807) is 19.2 Å². The third kappa shape index (κ3) is 4.07. The van der Waals surface area contributed by atoms with Crippen molar-refractivity contribution in [2.75, 3.05) is 33.4 Å². The standard InChI is InChI=1S/C20H26FN5O2/c1-28-9-7-22-20(27)18-12-25-8-6-15(18)10-17(25)11-26-13-19(23-24-26)14-2-4-16(21)5-3-14/h2-5,13,15,17-18H,6-12H2,1H3,(H,22,27)/t15-,17+,18+/m0/s1. The Morgan fingerprint density at radius 3 is 2.89 bits per heavy atom. The molecule has 3 aliphatic heterocycles. The maximum absolute atomic E-state index is 13.1. The van der Waals surface area contributed by atoms with Crippen molar-refractivity contribution < 1.29 is 13.9 Å². The van der Waals surface area contributed by atoms with Gasteiger partial charge in [0.25, 0.3) is 0 Å². The van der Waals surface area contributed by atoms with Crippen molar-refractivity contribution in [3.8, 4) is 11.3 Å². The van der Waals surface area contributed by atoms with Crippen LogP contribution in [0.15, 0.2) is 30.5 Å². The molecule has 4 atom stereocenters. The molecule has 3 fully saturated rings. The summed E-state index contributed by atoms with van der Waals surface area (Å²) in [5, 5.41) is 11.5. The van der Waals surface area contributed by atoms with Gasteiger partial charge >= 0.3 is 0 Å². The van der Waals surface area contributed by atoms with Crippen LogP contribution in [0.2, 0.25) is 0 Å². The highest BCUT2D eigenvalue weighted by Gasteiger charge is 2.43. The number of hydrogen-bond donors (Lipinski definition) is 1. The summed E-state index contributed by atoms with van der Waals surface area (Å²) in [6.45, 7) is 3.68. The number of nitrogens with one attached hydrogen (secondary N) is 1. The van der Waals surface area contributed by atoms with Crippen molar-refractivity contribution in [3.63, 3.8) is 0 Å². The number of amides is 1. The first-order valence-corrected chi connectivity index (χ1v) is 9.81. The second kappa shape index (κ2) is 8.36. The smallest absolute Gasteiger partial charge is 0.224 e. The van der Waals surface area contributed by atoms with Crippen molar-refractivity contribution in [2.24, 2.45) is 11.8 Å². The molecule has 1 amide bonds. The van der Waals surface area contributed by atoms with Crippen LogP contribution >= 0.6 is 0 Å². The molecule has 3 saturated heterocycles. The molecule has 8 heteroatoms. The maximum atomic E-state index is 13.1. The molecule has 5 rings (SSSR count). The summed E-state index contributed by atoms with van der Waals surface area (Å²) in [4.78, 5) is 14.9. The molecular formula is C20H26FN5O2. The second-order valence-electron chi connectivity index (χ2n) is 7.66. The van der Waals surface area contributed by atoms with Gasteiger partial charge in [-0.1, -0.05) is 5.21 Å². The highest BCUT2D eigenvalue weighted by Crippen LogP contribution is 2.37. The van der Waals surface area contributed by atoms with E-state index >= 15 is 0 Å². The molecule has 2 bridgehead atoms. The van der Waals surface area contributed by atoms with Gasteiger partial charge in [0.15, 0.2) is 0 Å². The van der Waals surface area contributed by atoms with Gasteiger partial charge in [-0.15, -0.1) is 5.10 Å². The zero-order chi connectivity index (χ0) is 19.5. The molecule has 2 aromatic rings.